The molecule has 5 rings (SSSR count). The van der Waals surface area contributed by atoms with Crippen LogP contribution in [0.4, 0.5) is 10.5 Å². The second-order valence-corrected chi connectivity index (χ2v) is 9.55. The molecule has 0 radical (unpaired) electrons. The predicted molar refractivity (Wildman–Crippen MR) is 154 cm³/mol. The Morgan fingerprint density at radius 1 is 0.923 bits per heavy atom. The number of nitrogens with zero attached hydrogens (tertiary/aromatic N) is 1. The summed E-state index contributed by atoms with van der Waals surface area (Å²) in [6, 6.07) is 26.5. The number of ether oxygens (including phenoxy) is 3. The Hall–Kier alpha value is -4.29. The van der Waals surface area contributed by atoms with Gasteiger partial charge in [0.2, 0.25) is 0 Å². The summed E-state index contributed by atoms with van der Waals surface area (Å²) in [4.78, 5) is 13.8. The van der Waals surface area contributed by atoms with E-state index in [9.17, 15) is 4.79 Å². The number of hydrogen-bond donors (Lipinski definition) is 1. The predicted octanol–water partition coefficient (Wildman–Crippen LogP) is 6.35. The molecule has 6 nitrogen and oxygen atoms in total. The molecule has 2 unspecified atom stereocenters. The number of anilines is 1. The highest BCUT2D eigenvalue weighted by Gasteiger charge is 2.42. The summed E-state index contributed by atoms with van der Waals surface area (Å²) in [6.07, 6.45) is 11.6. The third kappa shape index (κ3) is 5.61. The van der Waals surface area contributed by atoms with Crippen molar-refractivity contribution in [3.05, 3.63) is 132 Å². The van der Waals surface area contributed by atoms with Crippen LogP contribution in [0.1, 0.15) is 23.1 Å². The molecular formula is C33H34N2O4. The number of hydrogen-bond acceptors (Lipinski definition) is 4. The number of carbonyl (C=O) groups is 1. The van der Waals surface area contributed by atoms with Crippen LogP contribution in [0.25, 0.3) is 0 Å². The molecule has 2 atom stereocenters. The van der Waals surface area contributed by atoms with Gasteiger partial charge in [0.05, 0.1) is 26.5 Å². The van der Waals surface area contributed by atoms with Gasteiger partial charge in [0.15, 0.2) is 0 Å². The molecule has 3 aromatic carbocycles. The summed E-state index contributed by atoms with van der Waals surface area (Å²) in [5.74, 6) is 1.72. The number of nitrogens with one attached hydrogen (secondary N) is 1. The molecule has 0 aromatic heterocycles. The fraction of sp³-hybridized carbons (Fsp3) is 0.242. The van der Waals surface area contributed by atoms with Gasteiger partial charge in [-0.25, -0.2) is 4.79 Å². The smallest absolute Gasteiger partial charge is 0.326 e. The first-order valence-electron chi connectivity index (χ1n) is 13.2. The minimum Gasteiger partial charge on any atom is -0.497 e. The molecule has 6 heteroatoms. The van der Waals surface area contributed by atoms with Crippen LogP contribution in [-0.4, -0.2) is 33.4 Å². The lowest BCUT2D eigenvalue weighted by Gasteiger charge is -2.41. The topological polar surface area (TPSA) is 60.0 Å². The average molecular weight is 523 g/mol. The molecule has 3 aromatic rings. The highest BCUT2D eigenvalue weighted by molar-refractivity contribution is 5.94. The summed E-state index contributed by atoms with van der Waals surface area (Å²) in [5.41, 5.74) is 3.42. The van der Waals surface area contributed by atoms with E-state index in [-0.39, 0.29) is 11.9 Å². The van der Waals surface area contributed by atoms with Crippen molar-refractivity contribution in [3.8, 4) is 5.75 Å². The first-order valence-corrected chi connectivity index (χ1v) is 13.2. The second-order valence-electron chi connectivity index (χ2n) is 9.55. The van der Waals surface area contributed by atoms with Crippen LogP contribution in [-0.2, 0) is 21.5 Å². The first kappa shape index (κ1) is 26.3. The van der Waals surface area contributed by atoms with E-state index in [1.54, 1.807) is 25.3 Å². The summed E-state index contributed by atoms with van der Waals surface area (Å²) in [6.45, 7) is 1.07. The first-order chi connectivity index (χ1) is 19.1. The molecule has 1 aliphatic carbocycles. The zero-order valence-electron chi connectivity index (χ0n) is 22.4. The molecule has 2 aliphatic rings. The van der Waals surface area contributed by atoms with Crippen LogP contribution in [0.5, 0.6) is 5.75 Å². The Kier molecular flexibility index (Phi) is 8.13. The van der Waals surface area contributed by atoms with Crippen LogP contribution in [0, 0.1) is 5.92 Å². The highest BCUT2D eigenvalue weighted by Crippen LogP contribution is 2.45. The Balaban J connectivity index is 1.43. The molecule has 39 heavy (non-hydrogen) atoms. The zero-order valence-corrected chi connectivity index (χ0v) is 22.4. The van der Waals surface area contributed by atoms with E-state index < -0.39 is 5.60 Å². The average Bonchev–Trinajstić information content (AvgIpc) is 3.01. The fourth-order valence-electron chi connectivity index (χ4n) is 5.26. The Morgan fingerprint density at radius 2 is 1.67 bits per heavy atom. The fourth-order valence-corrected chi connectivity index (χ4v) is 5.26. The van der Waals surface area contributed by atoms with Crippen LogP contribution in [0.15, 0.2) is 115 Å². The van der Waals surface area contributed by atoms with E-state index >= 15 is 0 Å². The highest BCUT2D eigenvalue weighted by atomic mass is 16.5. The maximum atomic E-state index is 12.2. The van der Waals surface area contributed by atoms with Crippen molar-refractivity contribution in [1.29, 1.82) is 0 Å². The summed E-state index contributed by atoms with van der Waals surface area (Å²) < 4.78 is 17.9. The van der Waals surface area contributed by atoms with Gasteiger partial charge in [0.1, 0.15) is 17.1 Å². The van der Waals surface area contributed by atoms with Gasteiger partial charge >= 0.3 is 6.03 Å². The van der Waals surface area contributed by atoms with E-state index in [1.165, 1.54) is 0 Å². The molecule has 1 N–H and O–H groups in total. The van der Waals surface area contributed by atoms with Crippen molar-refractivity contribution in [2.75, 3.05) is 32.3 Å². The zero-order chi connectivity index (χ0) is 27.1. The lowest BCUT2D eigenvalue weighted by molar-refractivity contribution is -0.0476. The van der Waals surface area contributed by atoms with Gasteiger partial charge in [0, 0.05) is 18.7 Å². The summed E-state index contributed by atoms with van der Waals surface area (Å²) >= 11 is 0. The monoisotopic (exact) mass is 522 g/mol. The van der Waals surface area contributed by atoms with Gasteiger partial charge in [0.25, 0.3) is 0 Å². The van der Waals surface area contributed by atoms with Gasteiger partial charge in [-0.2, -0.15) is 0 Å². The molecule has 0 fully saturated rings. The lowest BCUT2D eigenvalue weighted by Crippen LogP contribution is -2.40. The minimum atomic E-state index is -0.712. The Bertz CT molecular complexity index is 1350. The number of rotatable bonds is 10. The normalized spacial score (nSPS) is 18.2. The van der Waals surface area contributed by atoms with Crippen molar-refractivity contribution < 1.29 is 19.0 Å². The van der Waals surface area contributed by atoms with E-state index in [0.717, 1.165) is 46.7 Å². The van der Waals surface area contributed by atoms with Crippen LogP contribution in [0.3, 0.4) is 0 Å². The number of benzene rings is 3. The lowest BCUT2D eigenvalue weighted by atomic mass is 9.73. The van der Waals surface area contributed by atoms with E-state index in [4.69, 9.17) is 14.2 Å². The van der Waals surface area contributed by atoms with E-state index in [0.29, 0.717) is 13.2 Å². The van der Waals surface area contributed by atoms with Gasteiger partial charge in [-0.05, 0) is 72.0 Å². The van der Waals surface area contributed by atoms with Gasteiger partial charge in [-0.15, -0.1) is 0 Å². The molecule has 0 spiro atoms. The van der Waals surface area contributed by atoms with Crippen LogP contribution >= 0.6 is 0 Å². The van der Waals surface area contributed by atoms with Gasteiger partial charge in [-0.1, -0.05) is 60.7 Å². The van der Waals surface area contributed by atoms with Crippen molar-refractivity contribution in [1.82, 2.24) is 5.32 Å². The molecule has 2 amide bonds. The quantitative estimate of drug-likeness (QED) is 0.337. The van der Waals surface area contributed by atoms with Crippen molar-refractivity contribution in [3.63, 3.8) is 0 Å². The molecule has 200 valence electrons. The Labute approximate surface area is 230 Å². The number of amides is 2. The summed E-state index contributed by atoms with van der Waals surface area (Å²) in [7, 11) is 3.37. The molecule has 0 saturated heterocycles. The van der Waals surface area contributed by atoms with Crippen molar-refractivity contribution >= 4 is 11.7 Å². The largest absolute Gasteiger partial charge is 0.497 e. The summed E-state index contributed by atoms with van der Waals surface area (Å²) in [5, 5.41) is 2.83. The Morgan fingerprint density at radius 3 is 2.31 bits per heavy atom. The van der Waals surface area contributed by atoms with Crippen LogP contribution in [0.2, 0.25) is 0 Å². The minimum absolute atomic E-state index is 0.0546. The third-order valence-corrected chi connectivity index (χ3v) is 7.32. The second kappa shape index (κ2) is 12.0. The van der Waals surface area contributed by atoms with Crippen LogP contribution < -0.4 is 15.0 Å². The van der Waals surface area contributed by atoms with E-state index in [2.05, 4.69) is 66.0 Å². The van der Waals surface area contributed by atoms with Crippen molar-refractivity contribution in [2.45, 2.75) is 18.4 Å². The van der Waals surface area contributed by atoms with Crippen molar-refractivity contribution in [2.24, 2.45) is 5.92 Å². The molecular weight excluding hydrogens is 488 g/mol. The van der Waals surface area contributed by atoms with E-state index in [1.807, 2.05) is 42.5 Å². The molecule has 0 bridgehead atoms. The molecule has 1 aliphatic heterocycles. The molecule has 1 heterocycles. The number of carbonyl (C=O) groups excluding carboxylic acids is 1. The number of allylic oxidation sites excluding steroid dienone is 2. The third-order valence-electron chi connectivity index (χ3n) is 7.32. The number of urea groups is 1. The SMILES string of the molecule is COC1=CCC(C(OCCc2ccc(N3C=CCNC3=O)cc2)(c2ccccc2)c2ccc(OC)cc2)C=C1. The standard InChI is InChI=1S/C33H34N2O4/c1-37-30-17-11-27(12-18-30)33(26-7-4-3-5-8-26,28-13-19-31(38-2)20-14-28)39-24-21-25-9-15-29(16-10-25)35-23-6-22-34-32(35)36/h3-13,15-20,23,28H,14,21-22,24H2,1-2H3,(H,34,36). The maximum absolute atomic E-state index is 12.2. The number of methoxy groups -OCH3 is 2. The van der Waals surface area contributed by atoms with Gasteiger partial charge < -0.3 is 19.5 Å². The maximum Gasteiger partial charge on any atom is 0.326 e. The van der Waals surface area contributed by atoms with Gasteiger partial charge in [-0.3, -0.25) is 4.90 Å². The molecule has 0 saturated carbocycles.